The molecule has 1 saturated carbocycles. The van der Waals surface area contributed by atoms with Gasteiger partial charge in [-0.2, -0.15) is 0 Å². The molecule has 0 spiro atoms. The smallest absolute Gasteiger partial charge is 0.315 e. The monoisotopic (exact) mass is 280 g/mol. The first-order valence-electron chi connectivity index (χ1n) is 7.73. The van der Waals surface area contributed by atoms with E-state index in [0.717, 1.165) is 31.9 Å². The Kier molecular flexibility index (Phi) is 4.21. The predicted molar refractivity (Wildman–Crippen MR) is 75.5 cm³/mol. The first kappa shape index (κ1) is 13.8. The number of rotatable bonds is 7. The standard InChI is InChI=1S/C14H24N4O2/c1-3-7-15-9(2)13-17-18-14(20-13)16-11-6-8-19-12(11)10-4-5-10/h9-12,15H,3-8H2,1-2H3,(H,16,18). The zero-order chi connectivity index (χ0) is 13.9. The quantitative estimate of drug-likeness (QED) is 0.797. The highest BCUT2D eigenvalue weighted by Crippen LogP contribution is 2.39. The van der Waals surface area contributed by atoms with Gasteiger partial charge in [0.1, 0.15) is 0 Å². The molecule has 3 rings (SSSR count). The zero-order valence-corrected chi connectivity index (χ0v) is 12.3. The molecule has 2 heterocycles. The second kappa shape index (κ2) is 6.10. The van der Waals surface area contributed by atoms with Gasteiger partial charge in [-0.05, 0) is 45.1 Å². The lowest BCUT2D eigenvalue weighted by Crippen LogP contribution is -2.31. The van der Waals surface area contributed by atoms with Crippen LogP contribution in [0.15, 0.2) is 4.42 Å². The average Bonchev–Trinajstić information content (AvgIpc) is 3.01. The summed E-state index contributed by atoms with van der Waals surface area (Å²) in [6.07, 6.45) is 5.00. The van der Waals surface area contributed by atoms with Crippen molar-refractivity contribution >= 4 is 6.01 Å². The molecule has 2 fully saturated rings. The molecule has 3 unspecified atom stereocenters. The van der Waals surface area contributed by atoms with Crippen molar-refractivity contribution in [3.8, 4) is 0 Å². The van der Waals surface area contributed by atoms with E-state index in [4.69, 9.17) is 9.15 Å². The van der Waals surface area contributed by atoms with Crippen LogP contribution in [0.4, 0.5) is 6.01 Å². The third kappa shape index (κ3) is 3.12. The first-order valence-corrected chi connectivity index (χ1v) is 7.73. The molecule has 0 radical (unpaired) electrons. The van der Waals surface area contributed by atoms with Crippen LogP contribution < -0.4 is 10.6 Å². The lowest BCUT2D eigenvalue weighted by atomic mass is 10.1. The number of hydrogen-bond donors (Lipinski definition) is 2. The van der Waals surface area contributed by atoms with E-state index in [9.17, 15) is 0 Å². The van der Waals surface area contributed by atoms with Gasteiger partial charge < -0.3 is 19.8 Å². The van der Waals surface area contributed by atoms with Gasteiger partial charge in [-0.25, -0.2) is 0 Å². The van der Waals surface area contributed by atoms with Gasteiger partial charge in [0.15, 0.2) is 0 Å². The Bertz CT molecular complexity index is 433. The Balaban J connectivity index is 1.56. The minimum atomic E-state index is 0.0945. The number of ether oxygens (including phenoxy) is 1. The molecule has 20 heavy (non-hydrogen) atoms. The maximum Gasteiger partial charge on any atom is 0.315 e. The van der Waals surface area contributed by atoms with Crippen LogP contribution in [-0.4, -0.2) is 35.5 Å². The van der Waals surface area contributed by atoms with Crippen LogP contribution in [0.3, 0.4) is 0 Å². The summed E-state index contributed by atoms with van der Waals surface area (Å²) in [5, 5.41) is 14.9. The van der Waals surface area contributed by atoms with E-state index < -0.39 is 0 Å². The predicted octanol–water partition coefficient (Wildman–Crippen LogP) is 2.11. The van der Waals surface area contributed by atoms with Crippen LogP contribution >= 0.6 is 0 Å². The van der Waals surface area contributed by atoms with Crippen molar-refractivity contribution in [2.75, 3.05) is 18.5 Å². The van der Waals surface area contributed by atoms with Gasteiger partial charge in [-0.3, -0.25) is 0 Å². The number of hydrogen-bond acceptors (Lipinski definition) is 6. The molecule has 1 aromatic rings. The third-order valence-electron chi connectivity index (χ3n) is 4.04. The molecule has 112 valence electrons. The molecule has 1 aliphatic carbocycles. The fourth-order valence-corrected chi connectivity index (χ4v) is 2.73. The molecule has 1 aromatic heterocycles. The van der Waals surface area contributed by atoms with Gasteiger partial charge in [-0.1, -0.05) is 12.0 Å². The highest BCUT2D eigenvalue weighted by atomic mass is 16.5. The average molecular weight is 280 g/mol. The highest BCUT2D eigenvalue weighted by Gasteiger charge is 2.41. The maximum absolute atomic E-state index is 5.80. The summed E-state index contributed by atoms with van der Waals surface area (Å²) >= 11 is 0. The topological polar surface area (TPSA) is 72.2 Å². The molecule has 3 atom stereocenters. The SMILES string of the molecule is CCCNC(C)c1nnc(NC2CCOC2C2CC2)o1. The van der Waals surface area contributed by atoms with Crippen LogP contribution in [0, 0.1) is 5.92 Å². The van der Waals surface area contributed by atoms with Crippen LogP contribution in [-0.2, 0) is 4.74 Å². The van der Waals surface area contributed by atoms with Crippen LogP contribution in [0.2, 0.25) is 0 Å². The van der Waals surface area contributed by atoms with Crippen molar-refractivity contribution in [1.29, 1.82) is 0 Å². The molecule has 1 aliphatic heterocycles. The van der Waals surface area contributed by atoms with E-state index in [0.29, 0.717) is 24.1 Å². The second-order valence-electron chi connectivity index (χ2n) is 5.83. The number of anilines is 1. The van der Waals surface area contributed by atoms with E-state index in [1.807, 2.05) is 6.92 Å². The van der Waals surface area contributed by atoms with Crippen molar-refractivity contribution < 1.29 is 9.15 Å². The van der Waals surface area contributed by atoms with Crippen LogP contribution in [0.25, 0.3) is 0 Å². The number of nitrogens with one attached hydrogen (secondary N) is 2. The fourth-order valence-electron chi connectivity index (χ4n) is 2.73. The largest absolute Gasteiger partial charge is 0.406 e. The van der Waals surface area contributed by atoms with Crippen molar-refractivity contribution in [3.05, 3.63) is 5.89 Å². The molecule has 0 bridgehead atoms. The van der Waals surface area contributed by atoms with Crippen LogP contribution in [0.5, 0.6) is 0 Å². The minimum Gasteiger partial charge on any atom is -0.406 e. The highest BCUT2D eigenvalue weighted by molar-refractivity contribution is 5.22. The summed E-state index contributed by atoms with van der Waals surface area (Å²) < 4.78 is 11.5. The van der Waals surface area contributed by atoms with E-state index in [2.05, 4.69) is 27.8 Å². The van der Waals surface area contributed by atoms with Crippen LogP contribution in [0.1, 0.15) is 51.5 Å². The van der Waals surface area contributed by atoms with Crippen molar-refractivity contribution in [3.63, 3.8) is 0 Å². The normalized spacial score (nSPS) is 27.7. The van der Waals surface area contributed by atoms with E-state index in [1.165, 1.54) is 12.8 Å². The first-order chi connectivity index (χ1) is 9.78. The molecule has 2 N–H and O–H groups in total. The van der Waals surface area contributed by atoms with Gasteiger partial charge in [0, 0.05) is 6.61 Å². The summed E-state index contributed by atoms with van der Waals surface area (Å²) in [7, 11) is 0. The zero-order valence-electron chi connectivity index (χ0n) is 12.3. The van der Waals surface area contributed by atoms with Crippen molar-refractivity contribution in [1.82, 2.24) is 15.5 Å². The summed E-state index contributed by atoms with van der Waals surface area (Å²) in [6.45, 7) is 5.96. The Morgan fingerprint density at radius 1 is 1.30 bits per heavy atom. The second-order valence-corrected chi connectivity index (χ2v) is 5.83. The third-order valence-corrected chi connectivity index (χ3v) is 4.04. The van der Waals surface area contributed by atoms with Gasteiger partial charge in [0.2, 0.25) is 5.89 Å². The van der Waals surface area contributed by atoms with E-state index >= 15 is 0 Å². The van der Waals surface area contributed by atoms with Crippen molar-refractivity contribution in [2.45, 2.75) is 57.7 Å². The number of nitrogens with zero attached hydrogens (tertiary/aromatic N) is 2. The summed E-state index contributed by atoms with van der Waals surface area (Å²) in [4.78, 5) is 0. The molecule has 2 aliphatic rings. The summed E-state index contributed by atoms with van der Waals surface area (Å²) in [5.74, 6) is 1.37. The summed E-state index contributed by atoms with van der Waals surface area (Å²) in [6, 6.07) is 0.929. The lowest BCUT2D eigenvalue weighted by Gasteiger charge is -2.17. The number of aromatic nitrogens is 2. The maximum atomic E-state index is 5.80. The molecule has 0 amide bonds. The van der Waals surface area contributed by atoms with Gasteiger partial charge in [0.25, 0.3) is 0 Å². The summed E-state index contributed by atoms with van der Waals surface area (Å²) in [5.41, 5.74) is 0. The minimum absolute atomic E-state index is 0.0945. The Morgan fingerprint density at radius 3 is 2.90 bits per heavy atom. The van der Waals surface area contributed by atoms with Gasteiger partial charge in [-0.15, -0.1) is 5.10 Å². The van der Waals surface area contributed by atoms with Gasteiger partial charge in [0.05, 0.1) is 18.2 Å². The Labute approximate surface area is 119 Å². The van der Waals surface area contributed by atoms with Gasteiger partial charge >= 0.3 is 6.01 Å². The molecule has 0 aromatic carbocycles. The molecular formula is C14H24N4O2. The fraction of sp³-hybridized carbons (Fsp3) is 0.857. The molecular weight excluding hydrogens is 256 g/mol. The Morgan fingerprint density at radius 2 is 2.15 bits per heavy atom. The molecule has 6 nitrogen and oxygen atoms in total. The van der Waals surface area contributed by atoms with E-state index in [1.54, 1.807) is 0 Å². The van der Waals surface area contributed by atoms with E-state index in [-0.39, 0.29) is 6.04 Å². The van der Waals surface area contributed by atoms with Crippen molar-refractivity contribution in [2.24, 2.45) is 5.92 Å². The lowest BCUT2D eigenvalue weighted by molar-refractivity contribution is 0.0895. The Hall–Kier alpha value is -1.14. The molecule has 1 saturated heterocycles. The molecule has 6 heteroatoms.